The average molecular weight is 286 g/mol. The minimum absolute atomic E-state index is 0.133. The van der Waals surface area contributed by atoms with Crippen molar-refractivity contribution in [3.05, 3.63) is 41.2 Å². The SMILES string of the molecule is CCCOC(=O)Cc1c2c(n3ccccc13)C[C@@H](N)CC2. The van der Waals surface area contributed by atoms with E-state index in [1.807, 2.05) is 19.1 Å². The largest absolute Gasteiger partial charge is 0.465 e. The highest BCUT2D eigenvalue weighted by Gasteiger charge is 2.25. The Morgan fingerprint density at radius 3 is 3.14 bits per heavy atom. The molecule has 2 heterocycles. The fourth-order valence-corrected chi connectivity index (χ4v) is 3.20. The lowest BCUT2D eigenvalue weighted by Gasteiger charge is -2.19. The van der Waals surface area contributed by atoms with Crippen LogP contribution in [0.3, 0.4) is 0 Å². The van der Waals surface area contributed by atoms with Crippen molar-refractivity contribution in [3.8, 4) is 0 Å². The Morgan fingerprint density at radius 2 is 2.33 bits per heavy atom. The zero-order valence-corrected chi connectivity index (χ0v) is 12.5. The minimum atomic E-state index is -0.133. The number of nitrogens with two attached hydrogens (primary N) is 1. The molecule has 0 aliphatic heterocycles. The molecule has 3 rings (SSSR count). The smallest absolute Gasteiger partial charge is 0.310 e. The van der Waals surface area contributed by atoms with Crippen molar-refractivity contribution in [3.63, 3.8) is 0 Å². The molecule has 1 aliphatic carbocycles. The molecule has 2 aromatic rings. The topological polar surface area (TPSA) is 56.7 Å². The Balaban J connectivity index is 1.99. The molecule has 1 atom stereocenters. The zero-order valence-electron chi connectivity index (χ0n) is 12.5. The third-order valence-corrected chi connectivity index (χ3v) is 4.18. The number of ether oxygens (including phenoxy) is 1. The van der Waals surface area contributed by atoms with Gasteiger partial charge in [0.05, 0.1) is 13.0 Å². The standard InChI is InChI=1S/C17H22N2O2/c1-2-9-21-17(20)11-14-13-7-6-12(18)10-16(13)19-8-4-3-5-15(14)19/h3-5,8,12H,2,6-7,9-11,18H2,1H3/t12-/m0/s1. The van der Waals surface area contributed by atoms with Crippen molar-refractivity contribution in [2.75, 3.05) is 6.61 Å². The molecule has 112 valence electrons. The van der Waals surface area contributed by atoms with Crippen LogP contribution in [-0.4, -0.2) is 23.0 Å². The van der Waals surface area contributed by atoms with Crippen molar-refractivity contribution in [2.24, 2.45) is 5.73 Å². The number of rotatable bonds is 4. The Bertz CT molecular complexity index is 660. The van der Waals surface area contributed by atoms with Gasteiger partial charge in [0, 0.05) is 29.9 Å². The van der Waals surface area contributed by atoms with Gasteiger partial charge in [-0.3, -0.25) is 4.79 Å². The maximum atomic E-state index is 12.0. The average Bonchev–Trinajstić information content (AvgIpc) is 2.79. The van der Waals surface area contributed by atoms with E-state index in [-0.39, 0.29) is 12.0 Å². The molecule has 0 fully saturated rings. The first-order valence-electron chi connectivity index (χ1n) is 7.71. The second-order valence-electron chi connectivity index (χ2n) is 5.76. The summed E-state index contributed by atoms with van der Waals surface area (Å²) in [6.45, 7) is 2.50. The zero-order chi connectivity index (χ0) is 14.8. The predicted molar refractivity (Wildman–Crippen MR) is 82.4 cm³/mol. The van der Waals surface area contributed by atoms with Gasteiger partial charge in [0.2, 0.25) is 0 Å². The summed E-state index contributed by atoms with van der Waals surface area (Å²) >= 11 is 0. The summed E-state index contributed by atoms with van der Waals surface area (Å²) in [5, 5.41) is 0. The summed E-state index contributed by atoms with van der Waals surface area (Å²) in [6, 6.07) is 6.33. The van der Waals surface area contributed by atoms with Crippen LogP contribution in [0, 0.1) is 0 Å². The molecule has 2 aromatic heterocycles. The summed E-state index contributed by atoms with van der Waals surface area (Å²) in [7, 11) is 0. The normalized spacial score (nSPS) is 17.7. The number of fused-ring (bicyclic) bond motifs is 3. The molecule has 4 heteroatoms. The monoisotopic (exact) mass is 286 g/mol. The van der Waals surface area contributed by atoms with Crippen molar-refractivity contribution in [1.82, 2.24) is 4.40 Å². The fraction of sp³-hybridized carbons (Fsp3) is 0.471. The molecule has 0 saturated carbocycles. The quantitative estimate of drug-likeness (QED) is 0.877. The summed E-state index contributed by atoms with van der Waals surface area (Å²) in [5.74, 6) is -0.133. The molecule has 0 aromatic carbocycles. The van der Waals surface area contributed by atoms with E-state index in [0.717, 1.165) is 36.8 Å². The second-order valence-corrected chi connectivity index (χ2v) is 5.76. The van der Waals surface area contributed by atoms with Gasteiger partial charge in [-0.15, -0.1) is 0 Å². The fourth-order valence-electron chi connectivity index (χ4n) is 3.20. The lowest BCUT2D eigenvalue weighted by atomic mass is 9.90. The Hall–Kier alpha value is -1.81. The maximum absolute atomic E-state index is 12.0. The van der Waals surface area contributed by atoms with Gasteiger partial charge in [-0.25, -0.2) is 0 Å². The molecule has 0 amide bonds. The molecular formula is C17H22N2O2. The molecule has 0 unspecified atom stereocenters. The van der Waals surface area contributed by atoms with Crippen molar-refractivity contribution < 1.29 is 9.53 Å². The Kier molecular flexibility index (Phi) is 3.97. The van der Waals surface area contributed by atoms with Gasteiger partial charge in [0.1, 0.15) is 0 Å². The number of carbonyl (C=O) groups is 1. The van der Waals surface area contributed by atoms with Crippen LogP contribution in [0.1, 0.15) is 36.6 Å². The summed E-state index contributed by atoms with van der Waals surface area (Å²) in [4.78, 5) is 12.0. The van der Waals surface area contributed by atoms with Gasteiger partial charge >= 0.3 is 5.97 Å². The van der Waals surface area contributed by atoms with Crippen molar-refractivity contribution in [2.45, 2.75) is 45.1 Å². The van der Waals surface area contributed by atoms with Crippen molar-refractivity contribution >= 4 is 11.5 Å². The van der Waals surface area contributed by atoms with Crippen LogP contribution in [0.4, 0.5) is 0 Å². The van der Waals surface area contributed by atoms with Crippen LogP contribution in [0.5, 0.6) is 0 Å². The Labute approximate surface area is 124 Å². The molecule has 0 radical (unpaired) electrons. The number of hydrogen-bond donors (Lipinski definition) is 1. The number of hydrogen-bond acceptors (Lipinski definition) is 3. The molecule has 0 saturated heterocycles. The van der Waals surface area contributed by atoms with Gasteiger partial charge in [0.15, 0.2) is 0 Å². The van der Waals surface area contributed by atoms with Crippen LogP contribution in [0.15, 0.2) is 24.4 Å². The first kappa shape index (κ1) is 14.1. The number of pyridine rings is 1. The lowest BCUT2D eigenvalue weighted by Crippen LogP contribution is -2.28. The van der Waals surface area contributed by atoms with E-state index >= 15 is 0 Å². The highest BCUT2D eigenvalue weighted by atomic mass is 16.5. The third-order valence-electron chi connectivity index (χ3n) is 4.18. The molecule has 4 nitrogen and oxygen atoms in total. The number of nitrogens with zero attached hydrogens (tertiary/aromatic N) is 1. The predicted octanol–water partition coefficient (Wildman–Crippen LogP) is 2.25. The first-order chi connectivity index (χ1) is 10.2. The first-order valence-corrected chi connectivity index (χ1v) is 7.71. The maximum Gasteiger partial charge on any atom is 0.310 e. The van der Waals surface area contributed by atoms with E-state index in [4.69, 9.17) is 10.5 Å². The van der Waals surface area contributed by atoms with E-state index < -0.39 is 0 Å². The minimum Gasteiger partial charge on any atom is -0.465 e. The molecule has 2 N–H and O–H groups in total. The number of esters is 1. The van der Waals surface area contributed by atoms with Crippen molar-refractivity contribution in [1.29, 1.82) is 0 Å². The van der Waals surface area contributed by atoms with Gasteiger partial charge < -0.3 is 14.9 Å². The second kappa shape index (κ2) is 5.90. The molecule has 0 spiro atoms. The van der Waals surface area contributed by atoms with Crippen LogP contribution in [0.2, 0.25) is 0 Å². The number of carbonyl (C=O) groups excluding carboxylic acids is 1. The molecule has 0 bridgehead atoms. The third kappa shape index (κ3) is 2.68. The lowest BCUT2D eigenvalue weighted by molar-refractivity contribution is -0.142. The summed E-state index contributed by atoms with van der Waals surface area (Å²) in [5.41, 5.74) is 10.9. The van der Waals surface area contributed by atoms with Gasteiger partial charge in [-0.2, -0.15) is 0 Å². The van der Waals surface area contributed by atoms with E-state index in [2.05, 4.69) is 16.7 Å². The summed E-state index contributed by atoms with van der Waals surface area (Å²) in [6.07, 6.45) is 6.10. The molecular weight excluding hydrogens is 264 g/mol. The van der Waals surface area contributed by atoms with E-state index in [1.165, 1.54) is 11.3 Å². The molecule has 21 heavy (non-hydrogen) atoms. The van der Waals surface area contributed by atoms with E-state index in [1.54, 1.807) is 0 Å². The molecule has 1 aliphatic rings. The van der Waals surface area contributed by atoms with Crippen LogP contribution < -0.4 is 5.73 Å². The van der Waals surface area contributed by atoms with Gasteiger partial charge in [0.25, 0.3) is 0 Å². The van der Waals surface area contributed by atoms with E-state index in [9.17, 15) is 4.79 Å². The van der Waals surface area contributed by atoms with Crippen LogP contribution >= 0.6 is 0 Å². The van der Waals surface area contributed by atoms with E-state index in [0.29, 0.717) is 13.0 Å². The van der Waals surface area contributed by atoms with Crippen LogP contribution in [0.25, 0.3) is 5.52 Å². The summed E-state index contributed by atoms with van der Waals surface area (Å²) < 4.78 is 7.44. The highest BCUT2D eigenvalue weighted by molar-refractivity contribution is 5.78. The van der Waals surface area contributed by atoms with Gasteiger partial charge in [-0.05, 0) is 42.5 Å². The Morgan fingerprint density at radius 1 is 1.48 bits per heavy atom. The number of aromatic nitrogens is 1. The van der Waals surface area contributed by atoms with Gasteiger partial charge in [-0.1, -0.05) is 13.0 Å². The van der Waals surface area contributed by atoms with Crippen LogP contribution in [-0.2, 0) is 28.8 Å². The highest BCUT2D eigenvalue weighted by Crippen LogP contribution is 2.30.